The molecule has 0 aliphatic heterocycles. The summed E-state index contributed by atoms with van der Waals surface area (Å²) in [6.07, 6.45) is 3.82. The highest BCUT2D eigenvalue weighted by Gasteiger charge is 2.09. The summed E-state index contributed by atoms with van der Waals surface area (Å²) in [6.45, 7) is 6.97. The summed E-state index contributed by atoms with van der Waals surface area (Å²) in [5.41, 5.74) is 1.22. The molecule has 0 unspecified atom stereocenters. The standard InChI is InChI=1S/C16H23N5/c1-3-10-21(11-4-2)16-19-15(13-18-20-16)17-12-14-8-6-5-7-9-14/h5-9,13H,3-4,10-12H2,1-2H3,(H,17,19,20). The van der Waals surface area contributed by atoms with Gasteiger partial charge in [0.05, 0.1) is 6.20 Å². The molecule has 0 atom stereocenters. The van der Waals surface area contributed by atoms with Crippen LogP contribution in [-0.2, 0) is 6.54 Å². The Hall–Kier alpha value is -2.17. The Labute approximate surface area is 126 Å². The highest BCUT2D eigenvalue weighted by molar-refractivity contribution is 5.39. The Morgan fingerprint density at radius 1 is 1.05 bits per heavy atom. The minimum Gasteiger partial charge on any atom is -0.365 e. The fraction of sp³-hybridized carbons (Fsp3) is 0.438. The molecule has 0 amide bonds. The third-order valence-electron chi connectivity index (χ3n) is 3.13. The van der Waals surface area contributed by atoms with Crippen molar-refractivity contribution in [1.82, 2.24) is 15.2 Å². The van der Waals surface area contributed by atoms with Crippen molar-refractivity contribution in [2.45, 2.75) is 33.2 Å². The molecule has 1 aromatic heterocycles. The largest absolute Gasteiger partial charge is 0.365 e. The molecule has 0 saturated carbocycles. The second-order valence-electron chi connectivity index (χ2n) is 4.97. The normalized spacial score (nSPS) is 10.4. The van der Waals surface area contributed by atoms with Crippen LogP contribution in [0.4, 0.5) is 11.8 Å². The third kappa shape index (κ3) is 4.70. The van der Waals surface area contributed by atoms with Crippen LogP contribution in [0.1, 0.15) is 32.3 Å². The molecule has 1 N–H and O–H groups in total. The van der Waals surface area contributed by atoms with Crippen molar-refractivity contribution in [2.75, 3.05) is 23.3 Å². The molecule has 112 valence electrons. The van der Waals surface area contributed by atoms with E-state index in [9.17, 15) is 0 Å². The molecular formula is C16H23N5. The van der Waals surface area contributed by atoms with Gasteiger partial charge in [-0.3, -0.25) is 0 Å². The van der Waals surface area contributed by atoms with Crippen molar-refractivity contribution in [3.05, 3.63) is 42.1 Å². The highest BCUT2D eigenvalue weighted by Crippen LogP contribution is 2.11. The van der Waals surface area contributed by atoms with Gasteiger partial charge in [0.25, 0.3) is 0 Å². The van der Waals surface area contributed by atoms with E-state index < -0.39 is 0 Å². The maximum absolute atomic E-state index is 4.57. The summed E-state index contributed by atoms with van der Waals surface area (Å²) in [6, 6.07) is 10.3. The van der Waals surface area contributed by atoms with E-state index in [0.29, 0.717) is 5.95 Å². The van der Waals surface area contributed by atoms with Gasteiger partial charge >= 0.3 is 0 Å². The average Bonchev–Trinajstić information content (AvgIpc) is 2.54. The van der Waals surface area contributed by atoms with Gasteiger partial charge in [0.1, 0.15) is 0 Å². The van der Waals surface area contributed by atoms with Crippen LogP contribution < -0.4 is 10.2 Å². The van der Waals surface area contributed by atoms with Crippen LogP contribution >= 0.6 is 0 Å². The molecule has 5 nitrogen and oxygen atoms in total. The fourth-order valence-electron chi connectivity index (χ4n) is 2.15. The van der Waals surface area contributed by atoms with Gasteiger partial charge in [-0.2, -0.15) is 10.1 Å². The number of anilines is 2. The molecule has 0 fully saturated rings. The van der Waals surface area contributed by atoms with E-state index in [4.69, 9.17) is 0 Å². The first-order valence-corrected chi connectivity index (χ1v) is 7.56. The summed E-state index contributed by atoms with van der Waals surface area (Å²) in [5, 5.41) is 11.5. The molecule has 0 radical (unpaired) electrons. The molecular weight excluding hydrogens is 262 g/mol. The molecule has 1 heterocycles. The lowest BCUT2D eigenvalue weighted by Crippen LogP contribution is -2.27. The first-order chi connectivity index (χ1) is 10.3. The number of hydrogen-bond donors (Lipinski definition) is 1. The molecule has 2 aromatic rings. The van der Waals surface area contributed by atoms with Gasteiger partial charge in [0.2, 0.25) is 5.95 Å². The number of nitrogens with one attached hydrogen (secondary N) is 1. The zero-order chi connectivity index (χ0) is 14.9. The first-order valence-electron chi connectivity index (χ1n) is 7.56. The Kier molecular flexibility index (Phi) is 5.94. The van der Waals surface area contributed by atoms with Crippen LogP contribution in [0.15, 0.2) is 36.5 Å². The van der Waals surface area contributed by atoms with E-state index in [1.54, 1.807) is 6.20 Å². The number of rotatable bonds is 8. The van der Waals surface area contributed by atoms with Crippen molar-refractivity contribution in [3.63, 3.8) is 0 Å². The predicted molar refractivity (Wildman–Crippen MR) is 86.4 cm³/mol. The summed E-state index contributed by atoms with van der Waals surface area (Å²) in [5.74, 6) is 1.47. The van der Waals surface area contributed by atoms with E-state index in [2.05, 4.69) is 51.4 Å². The summed E-state index contributed by atoms with van der Waals surface area (Å²) >= 11 is 0. The van der Waals surface area contributed by atoms with Crippen molar-refractivity contribution < 1.29 is 0 Å². The van der Waals surface area contributed by atoms with E-state index in [1.807, 2.05) is 18.2 Å². The molecule has 2 rings (SSSR count). The lowest BCUT2D eigenvalue weighted by Gasteiger charge is -2.21. The van der Waals surface area contributed by atoms with Crippen LogP contribution in [0.5, 0.6) is 0 Å². The molecule has 0 bridgehead atoms. The van der Waals surface area contributed by atoms with Gasteiger partial charge in [-0.25, -0.2) is 0 Å². The quantitative estimate of drug-likeness (QED) is 0.807. The Morgan fingerprint density at radius 3 is 2.43 bits per heavy atom. The van der Waals surface area contributed by atoms with Gasteiger partial charge in [-0.05, 0) is 18.4 Å². The van der Waals surface area contributed by atoms with Crippen molar-refractivity contribution >= 4 is 11.8 Å². The van der Waals surface area contributed by atoms with Gasteiger partial charge in [-0.15, -0.1) is 5.10 Å². The molecule has 0 aliphatic carbocycles. The van der Waals surface area contributed by atoms with E-state index in [0.717, 1.165) is 38.3 Å². The topological polar surface area (TPSA) is 53.9 Å². The van der Waals surface area contributed by atoms with Crippen molar-refractivity contribution in [1.29, 1.82) is 0 Å². The molecule has 21 heavy (non-hydrogen) atoms. The second-order valence-corrected chi connectivity index (χ2v) is 4.97. The lowest BCUT2D eigenvalue weighted by molar-refractivity contribution is 0.710. The molecule has 0 saturated heterocycles. The van der Waals surface area contributed by atoms with E-state index in [1.165, 1.54) is 5.56 Å². The summed E-state index contributed by atoms with van der Waals surface area (Å²) in [4.78, 5) is 6.75. The van der Waals surface area contributed by atoms with Gasteiger partial charge in [-0.1, -0.05) is 44.2 Å². The summed E-state index contributed by atoms with van der Waals surface area (Å²) in [7, 11) is 0. The van der Waals surface area contributed by atoms with Gasteiger partial charge < -0.3 is 10.2 Å². The Balaban J connectivity index is 2.02. The monoisotopic (exact) mass is 285 g/mol. The zero-order valence-electron chi connectivity index (χ0n) is 12.8. The highest BCUT2D eigenvalue weighted by atomic mass is 15.3. The van der Waals surface area contributed by atoms with Crippen LogP contribution in [0, 0.1) is 0 Å². The van der Waals surface area contributed by atoms with Crippen LogP contribution in [-0.4, -0.2) is 28.3 Å². The third-order valence-corrected chi connectivity index (χ3v) is 3.13. The predicted octanol–water partition coefficient (Wildman–Crippen LogP) is 3.11. The number of aromatic nitrogens is 3. The first kappa shape index (κ1) is 15.2. The Morgan fingerprint density at radius 2 is 1.76 bits per heavy atom. The average molecular weight is 285 g/mol. The Bertz CT molecular complexity index is 523. The second kappa shape index (κ2) is 8.19. The lowest BCUT2D eigenvalue weighted by atomic mass is 10.2. The summed E-state index contributed by atoms with van der Waals surface area (Å²) < 4.78 is 0. The van der Waals surface area contributed by atoms with Crippen LogP contribution in [0.2, 0.25) is 0 Å². The van der Waals surface area contributed by atoms with Crippen LogP contribution in [0.3, 0.4) is 0 Å². The van der Waals surface area contributed by atoms with E-state index in [-0.39, 0.29) is 0 Å². The number of hydrogen-bond acceptors (Lipinski definition) is 5. The number of benzene rings is 1. The minimum atomic E-state index is 0.705. The molecule has 0 spiro atoms. The molecule has 5 heteroatoms. The number of nitrogens with zero attached hydrogens (tertiary/aromatic N) is 4. The van der Waals surface area contributed by atoms with Crippen LogP contribution in [0.25, 0.3) is 0 Å². The fourth-order valence-corrected chi connectivity index (χ4v) is 2.15. The van der Waals surface area contributed by atoms with Crippen molar-refractivity contribution in [3.8, 4) is 0 Å². The smallest absolute Gasteiger partial charge is 0.247 e. The SMILES string of the molecule is CCCN(CCC)c1nncc(NCc2ccccc2)n1. The van der Waals surface area contributed by atoms with Crippen molar-refractivity contribution in [2.24, 2.45) is 0 Å². The maximum Gasteiger partial charge on any atom is 0.247 e. The maximum atomic E-state index is 4.57. The zero-order valence-corrected chi connectivity index (χ0v) is 12.8. The van der Waals surface area contributed by atoms with Gasteiger partial charge in [0, 0.05) is 19.6 Å². The van der Waals surface area contributed by atoms with Gasteiger partial charge in [0.15, 0.2) is 5.82 Å². The molecule has 0 aliphatic rings. The van der Waals surface area contributed by atoms with E-state index >= 15 is 0 Å². The molecule has 1 aromatic carbocycles. The minimum absolute atomic E-state index is 0.705.